The summed E-state index contributed by atoms with van der Waals surface area (Å²) in [5.41, 5.74) is 18.7. The number of hydrogen-bond acceptors (Lipinski definition) is 2. The zero-order valence-electron chi connectivity index (χ0n) is 32.4. The highest BCUT2D eigenvalue weighted by atomic mass is 32.2. The van der Waals surface area contributed by atoms with E-state index in [2.05, 4.69) is 219 Å². The van der Waals surface area contributed by atoms with E-state index >= 15 is 0 Å². The monoisotopic (exact) mass is 757 g/mol. The van der Waals surface area contributed by atoms with E-state index in [1.807, 2.05) is 11.8 Å². The zero-order valence-corrected chi connectivity index (χ0v) is 33.2. The molecule has 1 heterocycles. The van der Waals surface area contributed by atoms with Gasteiger partial charge in [-0.15, -0.1) is 0 Å². The van der Waals surface area contributed by atoms with E-state index in [9.17, 15) is 0 Å². The van der Waals surface area contributed by atoms with Gasteiger partial charge in [0, 0.05) is 32.1 Å². The third kappa shape index (κ3) is 4.61. The predicted molar refractivity (Wildman–Crippen MR) is 243 cm³/mol. The average molecular weight is 758 g/mol. The first-order valence-corrected chi connectivity index (χ1v) is 21.1. The molecule has 0 unspecified atom stereocenters. The van der Waals surface area contributed by atoms with Crippen LogP contribution in [0.5, 0.6) is 0 Å². The van der Waals surface area contributed by atoms with Crippen molar-refractivity contribution in [2.45, 2.75) is 34.5 Å². The van der Waals surface area contributed by atoms with E-state index in [1.54, 1.807) is 0 Å². The zero-order chi connectivity index (χ0) is 38.6. The van der Waals surface area contributed by atoms with Crippen molar-refractivity contribution in [2.24, 2.45) is 0 Å². The van der Waals surface area contributed by atoms with Crippen molar-refractivity contribution < 1.29 is 0 Å². The molecule has 1 nitrogen and oxygen atoms in total. The predicted octanol–water partition coefficient (Wildman–Crippen LogP) is 15.1. The van der Waals surface area contributed by atoms with Gasteiger partial charge in [0.25, 0.3) is 0 Å². The van der Waals surface area contributed by atoms with Gasteiger partial charge < -0.3 is 4.90 Å². The maximum absolute atomic E-state index is 2.50. The van der Waals surface area contributed by atoms with Crippen LogP contribution >= 0.6 is 11.8 Å². The summed E-state index contributed by atoms with van der Waals surface area (Å²) in [5.74, 6) is 0. The highest BCUT2D eigenvalue weighted by Gasteiger charge is 2.50. The largest absolute Gasteiger partial charge is 0.310 e. The van der Waals surface area contributed by atoms with Crippen molar-refractivity contribution in [2.75, 3.05) is 4.90 Å². The highest BCUT2D eigenvalue weighted by Crippen LogP contribution is 2.63. The molecule has 12 rings (SSSR count). The minimum atomic E-state index is -0.457. The van der Waals surface area contributed by atoms with Gasteiger partial charge in [-0.25, -0.2) is 0 Å². The molecule has 2 heteroatoms. The molecule has 1 aliphatic heterocycles. The Balaban J connectivity index is 1.12. The normalized spacial score (nSPS) is 14.6. The lowest BCUT2D eigenvalue weighted by molar-refractivity contribution is 0.660. The second-order valence-electron chi connectivity index (χ2n) is 16.4. The van der Waals surface area contributed by atoms with E-state index in [0.717, 1.165) is 17.1 Å². The molecule has 0 atom stereocenters. The summed E-state index contributed by atoms with van der Waals surface area (Å²) in [4.78, 5) is 5.09. The topological polar surface area (TPSA) is 3.24 Å². The van der Waals surface area contributed by atoms with E-state index in [0.29, 0.717) is 0 Å². The number of nitrogens with zero attached hydrogens (tertiary/aromatic N) is 1. The number of anilines is 3. The number of rotatable bonds is 4. The molecule has 0 bridgehead atoms. The Morgan fingerprint density at radius 3 is 1.60 bits per heavy atom. The Bertz CT molecular complexity index is 3090. The Labute approximate surface area is 344 Å². The lowest BCUT2D eigenvalue weighted by Gasteiger charge is -2.40. The van der Waals surface area contributed by atoms with Crippen molar-refractivity contribution in [1.82, 2.24) is 0 Å². The van der Waals surface area contributed by atoms with Crippen LogP contribution in [0.2, 0.25) is 0 Å². The number of para-hydroxylation sites is 1. The summed E-state index contributed by atoms with van der Waals surface area (Å²) in [6.45, 7) is 4.74. The highest BCUT2D eigenvalue weighted by molar-refractivity contribution is 7.99. The SMILES string of the molecule is CC1(C)c2ccccc2-c2ccc(N(c3ccc4c(c3)Sc3cc5ccccc5cc3C43c4ccccc4-c4ccccc43)c3ccccc3-c3ccccc3)cc21. The second-order valence-corrected chi connectivity index (χ2v) is 17.5. The van der Waals surface area contributed by atoms with E-state index in [4.69, 9.17) is 0 Å². The van der Waals surface area contributed by atoms with Gasteiger partial charge in [-0.3, -0.25) is 0 Å². The van der Waals surface area contributed by atoms with E-state index < -0.39 is 5.41 Å². The fraction of sp³-hybridized carbons (Fsp3) is 0.0714. The summed E-state index contributed by atoms with van der Waals surface area (Å²) in [7, 11) is 0. The molecule has 2 aliphatic carbocycles. The molecule has 0 aromatic heterocycles. The first kappa shape index (κ1) is 33.5. The smallest absolute Gasteiger partial charge is 0.0735 e. The van der Waals surface area contributed by atoms with Crippen LogP contribution in [0.1, 0.15) is 47.2 Å². The van der Waals surface area contributed by atoms with Crippen LogP contribution < -0.4 is 4.90 Å². The molecule has 0 N–H and O–H groups in total. The first-order valence-electron chi connectivity index (χ1n) is 20.3. The van der Waals surface area contributed by atoms with Crippen LogP contribution in [-0.2, 0) is 10.8 Å². The molecule has 274 valence electrons. The molecule has 0 fully saturated rings. The lowest BCUT2D eigenvalue weighted by Crippen LogP contribution is -2.32. The third-order valence-electron chi connectivity index (χ3n) is 13.1. The second kappa shape index (κ2) is 12.4. The average Bonchev–Trinajstić information content (AvgIpc) is 3.69. The molecule has 3 aliphatic rings. The summed E-state index contributed by atoms with van der Waals surface area (Å²) >= 11 is 1.91. The molecule has 9 aromatic carbocycles. The number of hydrogen-bond donors (Lipinski definition) is 0. The van der Waals surface area contributed by atoms with Crippen molar-refractivity contribution in [3.8, 4) is 33.4 Å². The molecule has 58 heavy (non-hydrogen) atoms. The van der Waals surface area contributed by atoms with Gasteiger partial charge >= 0.3 is 0 Å². The first-order chi connectivity index (χ1) is 28.5. The molecular formula is C56H39NS. The quantitative estimate of drug-likeness (QED) is 0.176. The fourth-order valence-corrected chi connectivity index (χ4v) is 11.8. The minimum absolute atomic E-state index is 0.125. The van der Waals surface area contributed by atoms with Crippen LogP contribution in [0.3, 0.4) is 0 Å². The fourth-order valence-electron chi connectivity index (χ4n) is 10.5. The van der Waals surface area contributed by atoms with Gasteiger partial charge in [-0.1, -0.05) is 183 Å². The van der Waals surface area contributed by atoms with Crippen molar-refractivity contribution in [1.29, 1.82) is 0 Å². The Morgan fingerprint density at radius 1 is 0.362 bits per heavy atom. The molecule has 0 amide bonds. The maximum atomic E-state index is 2.50. The summed E-state index contributed by atoms with van der Waals surface area (Å²) in [5, 5.41) is 2.54. The minimum Gasteiger partial charge on any atom is -0.310 e. The molecule has 0 saturated carbocycles. The molecule has 9 aromatic rings. The van der Waals surface area contributed by atoms with Crippen LogP contribution in [0.15, 0.2) is 210 Å². The van der Waals surface area contributed by atoms with Gasteiger partial charge in [0.15, 0.2) is 0 Å². The maximum Gasteiger partial charge on any atom is 0.0735 e. The van der Waals surface area contributed by atoms with Crippen LogP contribution in [-0.4, -0.2) is 0 Å². The number of benzene rings is 9. The van der Waals surface area contributed by atoms with Gasteiger partial charge in [0.1, 0.15) is 0 Å². The summed E-state index contributed by atoms with van der Waals surface area (Å²) in [6.07, 6.45) is 0. The Morgan fingerprint density at radius 2 is 0.879 bits per heavy atom. The van der Waals surface area contributed by atoms with Gasteiger partial charge in [0.05, 0.1) is 11.1 Å². The lowest BCUT2D eigenvalue weighted by atomic mass is 9.67. The molecule has 1 spiro atoms. The van der Waals surface area contributed by atoms with E-state index in [1.165, 1.54) is 87.3 Å². The Kier molecular flexibility index (Phi) is 7.19. The van der Waals surface area contributed by atoms with Crippen molar-refractivity contribution in [3.63, 3.8) is 0 Å². The standard InChI is InChI=1S/C56H39NS/c1-55(2)46-24-12-8-21-42(46)45-30-28-39(34-50(45)55)57(52-27-15-11-20-41(52)36-16-4-3-5-17-36)40-29-31-49-54(35-40)58-53-33-38-19-7-6-18-37(38)32-51(53)56(49)47-25-13-9-22-43(47)44-23-10-14-26-48(44)56/h3-35H,1-2H3. The molecule has 0 radical (unpaired) electrons. The van der Waals surface area contributed by atoms with Crippen LogP contribution in [0.25, 0.3) is 44.2 Å². The summed E-state index contributed by atoms with van der Waals surface area (Å²) in [6, 6.07) is 75.0. The van der Waals surface area contributed by atoms with Crippen molar-refractivity contribution >= 4 is 39.6 Å². The van der Waals surface area contributed by atoms with Gasteiger partial charge in [-0.05, 0) is 114 Å². The Hall–Kier alpha value is -6.61. The van der Waals surface area contributed by atoms with Crippen LogP contribution in [0, 0.1) is 0 Å². The summed E-state index contributed by atoms with van der Waals surface area (Å²) < 4.78 is 0. The number of fused-ring (bicyclic) bond motifs is 13. The third-order valence-corrected chi connectivity index (χ3v) is 14.2. The molecular weight excluding hydrogens is 719 g/mol. The van der Waals surface area contributed by atoms with Crippen molar-refractivity contribution in [3.05, 3.63) is 234 Å². The van der Waals surface area contributed by atoms with Gasteiger partial charge in [-0.2, -0.15) is 0 Å². The van der Waals surface area contributed by atoms with Gasteiger partial charge in [0.2, 0.25) is 0 Å². The molecule has 0 saturated heterocycles. The van der Waals surface area contributed by atoms with E-state index in [-0.39, 0.29) is 5.41 Å². The van der Waals surface area contributed by atoms with Crippen LogP contribution in [0.4, 0.5) is 17.1 Å².